The van der Waals surface area contributed by atoms with Crippen LogP contribution < -0.4 is 10.6 Å². The van der Waals surface area contributed by atoms with E-state index in [0.29, 0.717) is 25.2 Å². The van der Waals surface area contributed by atoms with E-state index in [0.717, 1.165) is 16.8 Å². The van der Waals surface area contributed by atoms with Gasteiger partial charge < -0.3 is 15.5 Å². The normalized spacial score (nSPS) is 10.5. The Kier molecular flexibility index (Phi) is 5.79. The first kappa shape index (κ1) is 17.8. The second-order valence-corrected chi connectivity index (χ2v) is 6.01. The molecule has 0 radical (unpaired) electrons. The zero-order chi connectivity index (χ0) is 17.7. The molecule has 128 valence electrons. The lowest BCUT2D eigenvalue weighted by atomic mass is 10.1. The predicted molar refractivity (Wildman–Crippen MR) is 96.1 cm³/mol. The molecule has 24 heavy (non-hydrogen) atoms. The van der Waals surface area contributed by atoms with Gasteiger partial charge in [0, 0.05) is 45.0 Å². The molecule has 0 bridgehead atoms. The van der Waals surface area contributed by atoms with E-state index in [1.165, 1.54) is 12.1 Å². The molecule has 1 amide bonds. The topological polar surface area (TPSA) is 49.6 Å². The Morgan fingerprint density at radius 2 is 1.75 bits per heavy atom. The molecule has 0 aliphatic heterocycles. The van der Waals surface area contributed by atoms with E-state index in [2.05, 4.69) is 0 Å². The van der Waals surface area contributed by atoms with Crippen molar-refractivity contribution in [3.8, 4) is 0 Å². The van der Waals surface area contributed by atoms with Gasteiger partial charge >= 0.3 is 0 Å². The van der Waals surface area contributed by atoms with Gasteiger partial charge in [-0.1, -0.05) is 19.1 Å². The Balaban J connectivity index is 2.28. The molecule has 0 spiro atoms. The number of anilines is 2. The van der Waals surface area contributed by atoms with Crippen molar-refractivity contribution in [3.05, 3.63) is 59.4 Å². The van der Waals surface area contributed by atoms with Crippen LogP contribution in [0, 0.1) is 5.82 Å². The number of rotatable bonds is 6. The molecular weight excluding hydrogens is 305 g/mol. The van der Waals surface area contributed by atoms with Gasteiger partial charge in [-0.15, -0.1) is 0 Å². The van der Waals surface area contributed by atoms with Crippen LogP contribution in [-0.2, 0) is 17.9 Å². The number of nitrogens with two attached hydrogens (primary N) is 1. The largest absolute Gasteiger partial charge is 0.399 e. The molecule has 0 fully saturated rings. The van der Waals surface area contributed by atoms with Gasteiger partial charge in [-0.05, 0) is 41.5 Å². The summed E-state index contributed by atoms with van der Waals surface area (Å²) in [7, 11) is 3.92. The Morgan fingerprint density at radius 3 is 2.33 bits per heavy atom. The number of carbonyl (C=O) groups excluding carboxylic acids is 1. The third-order valence-corrected chi connectivity index (χ3v) is 3.89. The maximum Gasteiger partial charge on any atom is 0.222 e. The number of amides is 1. The van der Waals surface area contributed by atoms with Crippen LogP contribution in [0.3, 0.4) is 0 Å². The van der Waals surface area contributed by atoms with E-state index in [1.54, 1.807) is 17.0 Å². The molecule has 0 atom stereocenters. The SMILES string of the molecule is CCC(=O)N(Cc1ccc(F)cc1)Cc1cc(N)ccc1N(C)C. The molecular formula is C19H24FN3O. The first-order valence-electron chi connectivity index (χ1n) is 7.98. The fourth-order valence-corrected chi connectivity index (χ4v) is 2.64. The zero-order valence-corrected chi connectivity index (χ0v) is 14.4. The first-order chi connectivity index (χ1) is 11.4. The second-order valence-electron chi connectivity index (χ2n) is 6.01. The van der Waals surface area contributed by atoms with Crippen molar-refractivity contribution in [1.82, 2.24) is 4.90 Å². The minimum absolute atomic E-state index is 0.0476. The molecule has 0 saturated carbocycles. The third kappa shape index (κ3) is 4.47. The minimum Gasteiger partial charge on any atom is -0.399 e. The van der Waals surface area contributed by atoms with Crippen LogP contribution in [0.2, 0.25) is 0 Å². The molecule has 4 nitrogen and oxygen atoms in total. The number of benzene rings is 2. The van der Waals surface area contributed by atoms with E-state index in [4.69, 9.17) is 5.73 Å². The zero-order valence-electron chi connectivity index (χ0n) is 14.4. The summed E-state index contributed by atoms with van der Waals surface area (Å²) in [6.45, 7) is 2.74. The Morgan fingerprint density at radius 1 is 1.08 bits per heavy atom. The summed E-state index contributed by atoms with van der Waals surface area (Å²) in [6, 6.07) is 11.9. The molecule has 0 heterocycles. The molecule has 5 heteroatoms. The van der Waals surface area contributed by atoms with Crippen molar-refractivity contribution < 1.29 is 9.18 Å². The van der Waals surface area contributed by atoms with Gasteiger partial charge in [-0.3, -0.25) is 4.79 Å². The minimum atomic E-state index is -0.280. The average Bonchev–Trinajstić information content (AvgIpc) is 2.55. The van der Waals surface area contributed by atoms with Crippen molar-refractivity contribution in [3.63, 3.8) is 0 Å². The molecule has 0 unspecified atom stereocenters. The number of nitrogen functional groups attached to an aromatic ring is 1. The van der Waals surface area contributed by atoms with E-state index < -0.39 is 0 Å². The van der Waals surface area contributed by atoms with Crippen LogP contribution in [0.4, 0.5) is 15.8 Å². The Labute approximate surface area is 142 Å². The van der Waals surface area contributed by atoms with Crippen LogP contribution in [-0.4, -0.2) is 24.9 Å². The highest BCUT2D eigenvalue weighted by Crippen LogP contribution is 2.24. The predicted octanol–water partition coefficient (Wildman–Crippen LogP) is 3.41. The summed E-state index contributed by atoms with van der Waals surface area (Å²) in [5.74, 6) is -0.232. The van der Waals surface area contributed by atoms with Gasteiger partial charge in [-0.25, -0.2) is 4.39 Å². The van der Waals surface area contributed by atoms with Crippen LogP contribution in [0.25, 0.3) is 0 Å². The number of carbonyl (C=O) groups is 1. The molecule has 2 N–H and O–H groups in total. The van der Waals surface area contributed by atoms with Crippen molar-refractivity contribution in [2.75, 3.05) is 24.7 Å². The third-order valence-electron chi connectivity index (χ3n) is 3.89. The lowest BCUT2D eigenvalue weighted by molar-refractivity contribution is -0.132. The molecule has 2 rings (SSSR count). The Hall–Kier alpha value is -2.56. The van der Waals surface area contributed by atoms with Crippen molar-refractivity contribution in [2.45, 2.75) is 26.4 Å². The van der Waals surface area contributed by atoms with Crippen molar-refractivity contribution >= 4 is 17.3 Å². The number of nitrogens with zero attached hydrogens (tertiary/aromatic N) is 2. The van der Waals surface area contributed by atoms with Gasteiger partial charge in [0.2, 0.25) is 5.91 Å². The summed E-state index contributed by atoms with van der Waals surface area (Å²) in [4.78, 5) is 16.1. The maximum atomic E-state index is 13.1. The Bertz CT molecular complexity index is 698. The summed E-state index contributed by atoms with van der Waals surface area (Å²) in [5, 5.41) is 0. The maximum absolute atomic E-state index is 13.1. The smallest absolute Gasteiger partial charge is 0.222 e. The number of hydrogen-bond donors (Lipinski definition) is 1. The number of halogens is 1. The van der Waals surface area contributed by atoms with Crippen LogP contribution in [0.15, 0.2) is 42.5 Å². The van der Waals surface area contributed by atoms with E-state index >= 15 is 0 Å². The van der Waals surface area contributed by atoms with E-state index in [9.17, 15) is 9.18 Å². The highest BCUT2D eigenvalue weighted by Gasteiger charge is 2.16. The second kappa shape index (κ2) is 7.81. The van der Waals surface area contributed by atoms with Gasteiger partial charge in [0.25, 0.3) is 0 Å². The van der Waals surface area contributed by atoms with E-state index in [-0.39, 0.29) is 11.7 Å². The van der Waals surface area contributed by atoms with E-state index in [1.807, 2.05) is 44.1 Å². The van der Waals surface area contributed by atoms with Crippen molar-refractivity contribution in [1.29, 1.82) is 0 Å². The first-order valence-corrected chi connectivity index (χ1v) is 7.98. The summed E-state index contributed by atoms with van der Waals surface area (Å²) in [6.07, 6.45) is 0.417. The molecule has 2 aromatic rings. The quantitative estimate of drug-likeness (QED) is 0.826. The standard InChI is InChI=1S/C19H24FN3O/c1-4-19(24)23(12-14-5-7-16(20)8-6-14)13-15-11-17(21)9-10-18(15)22(2)3/h5-11H,4,12-13,21H2,1-3H3. The highest BCUT2D eigenvalue weighted by atomic mass is 19.1. The number of hydrogen-bond acceptors (Lipinski definition) is 3. The van der Waals surface area contributed by atoms with Crippen LogP contribution >= 0.6 is 0 Å². The lowest BCUT2D eigenvalue weighted by Crippen LogP contribution is -2.30. The average molecular weight is 329 g/mol. The van der Waals surface area contributed by atoms with Gasteiger partial charge in [0.1, 0.15) is 5.82 Å². The molecule has 0 aliphatic carbocycles. The van der Waals surface area contributed by atoms with Gasteiger partial charge in [0.05, 0.1) is 0 Å². The summed E-state index contributed by atoms with van der Waals surface area (Å²) < 4.78 is 13.1. The molecule has 0 aromatic heterocycles. The fraction of sp³-hybridized carbons (Fsp3) is 0.316. The van der Waals surface area contributed by atoms with Crippen LogP contribution in [0.1, 0.15) is 24.5 Å². The summed E-state index contributed by atoms with van der Waals surface area (Å²) in [5.41, 5.74) is 9.50. The van der Waals surface area contributed by atoms with Crippen LogP contribution in [0.5, 0.6) is 0 Å². The lowest BCUT2D eigenvalue weighted by Gasteiger charge is -2.26. The molecule has 2 aromatic carbocycles. The van der Waals surface area contributed by atoms with Gasteiger partial charge in [0.15, 0.2) is 0 Å². The van der Waals surface area contributed by atoms with Gasteiger partial charge in [-0.2, -0.15) is 0 Å². The monoisotopic (exact) mass is 329 g/mol. The summed E-state index contributed by atoms with van der Waals surface area (Å²) >= 11 is 0. The fourth-order valence-electron chi connectivity index (χ4n) is 2.64. The molecule has 0 saturated heterocycles. The molecule has 0 aliphatic rings. The van der Waals surface area contributed by atoms with Crippen molar-refractivity contribution in [2.24, 2.45) is 0 Å². The highest BCUT2D eigenvalue weighted by molar-refractivity contribution is 5.76.